The lowest BCUT2D eigenvalue weighted by atomic mass is 9.89. The maximum absolute atomic E-state index is 11.7. The van der Waals surface area contributed by atoms with E-state index in [1.165, 1.54) is 0 Å². The summed E-state index contributed by atoms with van der Waals surface area (Å²) in [6.07, 6.45) is 0. The summed E-state index contributed by atoms with van der Waals surface area (Å²) >= 11 is 3.37. The summed E-state index contributed by atoms with van der Waals surface area (Å²) in [6, 6.07) is 7.55. The molecule has 1 aliphatic rings. The Morgan fingerprint density at radius 2 is 2.28 bits per heavy atom. The summed E-state index contributed by atoms with van der Waals surface area (Å²) in [5.74, 6) is -0.0306. The van der Waals surface area contributed by atoms with Gasteiger partial charge in [0.2, 0.25) is 5.91 Å². The molecule has 1 heterocycles. The van der Waals surface area contributed by atoms with Crippen molar-refractivity contribution in [3.05, 3.63) is 28.7 Å². The Morgan fingerprint density at radius 3 is 2.89 bits per heavy atom. The maximum Gasteiger partial charge on any atom is 0.238 e. The van der Waals surface area contributed by atoms with Crippen molar-refractivity contribution in [3.8, 4) is 0 Å². The van der Waals surface area contributed by atoms with Crippen LogP contribution in [0.5, 0.6) is 0 Å². The number of nitrogens with one attached hydrogen (secondary N) is 2. The molecule has 4 nitrogen and oxygen atoms in total. The number of benzene rings is 1. The zero-order valence-corrected chi connectivity index (χ0v) is 11.9. The maximum atomic E-state index is 11.7. The average Bonchev–Trinajstić information content (AvgIpc) is 2.26. The highest BCUT2D eigenvalue weighted by Gasteiger charge is 2.32. The van der Waals surface area contributed by atoms with E-state index in [1.54, 1.807) is 0 Å². The van der Waals surface area contributed by atoms with E-state index in [1.807, 2.05) is 24.3 Å². The molecule has 2 rings (SSSR count). The van der Waals surface area contributed by atoms with Gasteiger partial charge in [-0.2, -0.15) is 0 Å². The molecule has 1 aliphatic heterocycles. The van der Waals surface area contributed by atoms with Gasteiger partial charge in [0.25, 0.3) is 0 Å². The normalized spacial score (nSPS) is 17.0. The van der Waals surface area contributed by atoms with Crippen molar-refractivity contribution in [2.24, 2.45) is 5.41 Å². The minimum Gasteiger partial charge on any atom is -0.380 e. The summed E-state index contributed by atoms with van der Waals surface area (Å²) in [7, 11) is 0. The molecular weight excluding hydrogens is 296 g/mol. The molecule has 0 aromatic heterocycles. The highest BCUT2D eigenvalue weighted by Crippen LogP contribution is 2.24. The van der Waals surface area contributed by atoms with Crippen molar-refractivity contribution < 1.29 is 9.53 Å². The molecule has 1 amide bonds. The van der Waals surface area contributed by atoms with E-state index < -0.39 is 0 Å². The van der Waals surface area contributed by atoms with Crippen LogP contribution in [0.1, 0.15) is 6.92 Å². The first-order valence-electron chi connectivity index (χ1n) is 5.91. The Morgan fingerprint density at radius 1 is 1.50 bits per heavy atom. The Kier molecular flexibility index (Phi) is 4.37. The second kappa shape index (κ2) is 5.82. The predicted octanol–water partition coefficient (Wildman–Crippen LogP) is 2.01. The second-order valence-electron chi connectivity index (χ2n) is 4.97. The number of amides is 1. The number of ether oxygens (including phenoxy) is 1. The Hall–Kier alpha value is -0.910. The summed E-state index contributed by atoms with van der Waals surface area (Å²) in [6.45, 7) is 4.82. The van der Waals surface area contributed by atoms with E-state index in [0.29, 0.717) is 6.54 Å². The third-order valence-corrected chi connectivity index (χ3v) is 3.34. The van der Waals surface area contributed by atoms with Gasteiger partial charge in [0.1, 0.15) is 0 Å². The number of hydrogen-bond acceptors (Lipinski definition) is 3. The van der Waals surface area contributed by atoms with Crippen molar-refractivity contribution in [1.29, 1.82) is 0 Å². The quantitative estimate of drug-likeness (QED) is 0.874. The van der Waals surface area contributed by atoms with E-state index in [-0.39, 0.29) is 11.3 Å². The third kappa shape index (κ3) is 3.80. The molecule has 0 radical (unpaired) electrons. The lowest BCUT2D eigenvalue weighted by molar-refractivity contribution is -0.117. The van der Waals surface area contributed by atoms with Gasteiger partial charge in [-0.05, 0) is 18.2 Å². The van der Waals surface area contributed by atoms with E-state index in [2.05, 4.69) is 33.5 Å². The van der Waals surface area contributed by atoms with E-state index >= 15 is 0 Å². The van der Waals surface area contributed by atoms with Crippen LogP contribution in [0.15, 0.2) is 28.7 Å². The number of hydrogen-bond donors (Lipinski definition) is 2. The van der Waals surface area contributed by atoms with Gasteiger partial charge < -0.3 is 15.4 Å². The van der Waals surface area contributed by atoms with Gasteiger partial charge in [-0.1, -0.05) is 28.9 Å². The molecule has 5 heteroatoms. The SMILES string of the molecule is CC1(CNCC(=O)Nc2cccc(Br)c2)COC1. The topological polar surface area (TPSA) is 50.4 Å². The average molecular weight is 313 g/mol. The van der Waals surface area contributed by atoms with Gasteiger partial charge in [0.15, 0.2) is 0 Å². The molecule has 98 valence electrons. The van der Waals surface area contributed by atoms with Crippen LogP contribution in [0.2, 0.25) is 0 Å². The molecule has 0 bridgehead atoms. The lowest BCUT2D eigenvalue weighted by Gasteiger charge is -2.38. The van der Waals surface area contributed by atoms with E-state index in [0.717, 1.165) is 29.9 Å². The molecule has 2 N–H and O–H groups in total. The van der Waals surface area contributed by atoms with Gasteiger partial charge in [-0.15, -0.1) is 0 Å². The molecule has 1 aromatic carbocycles. The van der Waals surface area contributed by atoms with Crippen molar-refractivity contribution >= 4 is 27.5 Å². The van der Waals surface area contributed by atoms with Crippen molar-refractivity contribution in [1.82, 2.24) is 5.32 Å². The Bertz CT molecular complexity index is 433. The van der Waals surface area contributed by atoms with Crippen LogP contribution >= 0.6 is 15.9 Å². The minimum absolute atomic E-state index is 0.0306. The fraction of sp³-hybridized carbons (Fsp3) is 0.462. The van der Waals surface area contributed by atoms with Crippen LogP contribution in [-0.4, -0.2) is 32.2 Å². The Balaban J connectivity index is 1.72. The first-order valence-corrected chi connectivity index (χ1v) is 6.71. The minimum atomic E-state index is -0.0306. The zero-order valence-electron chi connectivity index (χ0n) is 10.3. The zero-order chi connectivity index (χ0) is 13.0. The van der Waals surface area contributed by atoms with Crippen LogP contribution in [0, 0.1) is 5.41 Å². The highest BCUT2D eigenvalue weighted by atomic mass is 79.9. The first-order chi connectivity index (χ1) is 8.57. The van der Waals surface area contributed by atoms with Gasteiger partial charge in [0.05, 0.1) is 19.8 Å². The van der Waals surface area contributed by atoms with Gasteiger partial charge >= 0.3 is 0 Å². The van der Waals surface area contributed by atoms with Gasteiger partial charge in [-0.25, -0.2) is 0 Å². The number of anilines is 1. The van der Waals surface area contributed by atoms with Crippen LogP contribution in [0.3, 0.4) is 0 Å². The fourth-order valence-electron chi connectivity index (χ4n) is 1.80. The molecule has 0 saturated carbocycles. The molecule has 0 spiro atoms. The lowest BCUT2D eigenvalue weighted by Crippen LogP contribution is -2.48. The number of carbonyl (C=O) groups excluding carboxylic acids is 1. The van der Waals surface area contributed by atoms with Crippen LogP contribution in [-0.2, 0) is 9.53 Å². The van der Waals surface area contributed by atoms with Crippen LogP contribution < -0.4 is 10.6 Å². The number of halogens is 1. The standard InChI is InChI=1S/C13H17BrN2O2/c1-13(8-18-9-13)7-15-6-12(17)16-11-4-2-3-10(14)5-11/h2-5,15H,6-9H2,1H3,(H,16,17). The smallest absolute Gasteiger partial charge is 0.238 e. The number of carbonyl (C=O) groups is 1. The van der Waals surface area contributed by atoms with E-state index in [9.17, 15) is 4.79 Å². The number of rotatable bonds is 5. The first kappa shape index (κ1) is 13.5. The molecule has 0 atom stereocenters. The summed E-state index contributed by atoms with van der Waals surface area (Å²) < 4.78 is 6.11. The Labute approximate surface area is 115 Å². The highest BCUT2D eigenvalue weighted by molar-refractivity contribution is 9.10. The monoisotopic (exact) mass is 312 g/mol. The molecule has 0 unspecified atom stereocenters. The third-order valence-electron chi connectivity index (χ3n) is 2.85. The molecule has 18 heavy (non-hydrogen) atoms. The largest absolute Gasteiger partial charge is 0.380 e. The molecule has 1 aromatic rings. The van der Waals surface area contributed by atoms with E-state index in [4.69, 9.17) is 4.74 Å². The molecule has 1 fully saturated rings. The van der Waals surface area contributed by atoms with Crippen LogP contribution in [0.4, 0.5) is 5.69 Å². The van der Waals surface area contributed by atoms with Crippen molar-refractivity contribution in [3.63, 3.8) is 0 Å². The molecule has 1 saturated heterocycles. The van der Waals surface area contributed by atoms with Crippen molar-refractivity contribution in [2.75, 3.05) is 31.6 Å². The summed E-state index contributed by atoms with van der Waals surface area (Å²) in [4.78, 5) is 11.7. The molecule has 0 aliphatic carbocycles. The summed E-state index contributed by atoms with van der Waals surface area (Å²) in [5.41, 5.74) is 0.991. The fourth-order valence-corrected chi connectivity index (χ4v) is 2.20. The van der Waals surface area contributed by atoms with Gasteiger partial charge in [-0.3, -0.25) is 4.79 Å². The summed E-state index contributed by atoms with van der Waals surface area (Å²) in [5, 5.41) is 6.00. The molecular formula is C13H17BrN2O2. The van der Waals surface area contributed by atoms with Crippen LogP contribution in [0.25, 0.3) is 0 Å². The van der Waals surface area contributed by atoms with Gasteiger partial charge in [0, 0.05) is 22.1 Å². The predicted molar refractivity (Wildman–Crippen MR) is 74.6 cm³/mol. The van der Waals surface area contributed by atoms with Crippen molar-refractivity contribution in [2.45, 2.75) is 6.92 Å². The second-order valence-corrected chi connectivity index (χ2v) is 5.88.